The summed E-state index contributed by atoms with van der Waals surface area (Å²) in [6.45, 7) is 24.9. The third-order valence-electron chi connectivity index (χ3n) is 13.7. The second-order valence-electron chi connectivity index (χ2n) is 18.6. The third kappa shape index (κ3) is 3.70. The minimum atomic E-state index is -0.0110. The molecule has 3 aliphatic heterocycles. The van der Waals surface area contributed by atoms with Crippen LogP contribution in [0.4, 0.5) is 11.4 Å². The number of para-hydroxylation sites is 1. The SMILES string of the molecule is Cc1cc2c3c(c1)N1c4c(cccc4C4(C)CCCCC14C)B3c1cc(C(C)(C)C)cc3c1C2C(C)C(c1ccccc1)=C3C(C)(C)C. The number of hydrogen-bond acceptors (Lipinski definition) is 1. The van der Waals surface area contributed by atoms with Crippen LogP contribution in [0.25, 0.3) is 11.1 Å². The van der Waals surface area contributed by atoms with E-state index in [9.17, 15) is 0 Å². The van der Waals surface area contributed by atoms with Crippen molar-refractivity contribution in [1.82, 2.24) is 0 Å². The molecule has 1 nitrogen and oxygen atoms in total. The molecule has 0 radical (unpaired) electrons. The van der Waals surface area contributed by atoms with Gasteiger partial charge in [0.1, 0.15) is 0 Å². The van der Waals surface area contributed by atoms with E-state index in [0.29, 0.717) is 11.8 Å². The lowest BCUT2D eigenvalue weighted by molar-refractivity contribution is 0.195. The van der Waals surface area contributed by atoms with Gasteiger partial charge in [0.2, 0.25) is 6.71 Å². The Bertz CT molecular complexity index is 2070. The molecule has 0 saturated heterocycles. The van der Waals surface area contributed by atoms with Gasteiger partial charge in [0, 0.05) is 22.7 Å². The van der Waals surface area contributed by atoms with Crippen molar-refractivity contribution in [3.05, 3.63) is 112 Å². The Morgan fingerprint density at radius 2 is 1.52 bits per heavy atom. The fourth-order valence-corrected chi connectivity index (χ4v) is 11.4. The van der Waals surface area contributed by atoms with Crippen LogP contribution in [0.1, 0.15) is 133 Å². The number of allylic oxidation sites excluding steroid dienone is 2. The van der Waals surface area contributed by atoms with E-state index in [1.165, 1.54) is 75.9 Å². The summed E-state index contributed by atoms with van der Waals surface area (Å²) >= 11 is 0. The molecule has 2 heteroatoms. The van der Waals surface area contributed by atoms with Crippen molar-refractivity contribution in [2.75, 3.05) is 4.90 Å². The number of anilines is 2. The fraction of sp³-hybridized carbons (Fsp3) is 0.435. The standard InChI is InChI=1S/C46H52BN/c1-27-23-32-38-28(2)37(29-17-12-11-13-18-29)40(44(6,7)8)31-25-30(43(3,4)5)26-35(39(31)38)47-34-20-16-19-33-42(34)48(36(24-27)41(32)47)46(10)22-15-14-21-45(33,46)9/h11-13,16-20,23-26,28,38H,14-15,21-22H2,1-10H3. The summed E-state index contributed by atoms with van der Waals surface area (Å²) in [5.74, 6) is 0.662. The van der Waals surface area contributed by atoms with Crippen molar-refractivity contribution >= 4 is 45.6 Å². The van der Waals surface area contributed by atoms with E-state index in [1.54, 1.807) is 27.6 Å². The average molecular weight is 630 g/mol. The van der Waals surface area contributed by atoms with E-state index in [2.05, 4.69) is 147 Å². The van der Waals surface area contributed by atoms with Crippen molar-refractivity contribution in [3.8, 4) is 0 Å². The molecular weight excluding hydrogens is 577 g/mol. The number of benzene rings is 4. The van der Waals surface area contributed by atoms with E-state index in [-0.39, 0.29) is 28.5 Å². The van der Waals surface area contributed by atoms with Gasteiger partial charge in [-0.3, -0.25) is 0 Å². The summed E-state index contributed by atoms with van der Waals surface area (Å²) in [6, 6.07) is 29.2. The Morgan fingerprint density at radius 3 is 2.23 bits per heavy atom. The Kier molecular flexibility index (Phi) is 6.10. The van der Waals surface area contributed by atoms with E-state index in [0.717, 1.165) is 0 Å². The van der Waals surface area contributed by atoms with Gasteiger partial charge in [0.25, 0.3) is 0 Å². The molecule has 1 saturated carbocycles. The van der Waals surface area contributed by atoms with Crippen molar-refractivity contribution < 1.29 is 0 Å². The number of fused-ring (bicyclic) bond motifs is 7. The zero-order valence-corrected chi connectivity index (χ0v) is 30.9. The molecule has 0 bridgehead atoms. The first-order chi connectivity index (χ1) is 22.7. The molecule has 4 atom stereocenters. The monoisotopic (exact) mass is 629 g/mol. The first-order valence-corrected chi connectivity index (χ1v) is 18.7. The smallest absolute Gasteiger partial charge is 0.247 e. The maximum Gasteiger partial charge on any atom is 0.247 e. The Balaban J connectivity index is 1.45. The first kappa shape index (κ1) is 30.5. The molecule has 1 fully saturated rings. The van der Waals surface area contributed by atoms with Crippen molar-refractivity contribution in [3.63, 3.8) is 0 Å². The van der Waals surface area contributed by atoms with E-state index in [1.807, 2.05) is 0 Å². The van der Waals surface area contributed by atoms with Gasteiger partial charge >= 0.3 is 0 Å². The van der Waals surface area contributed by atoms with Crippen LogP contribution in [0.5, 0.6) is 0 Å². The second-order valence-corrected chi connectivity index (χ2v) is 18.6. The lowest BCUT2D eigenvalue weighted by Crippen LogP contribution is -2.65. The summed E-state index contributed by atoms with van der Waals surface area (Å²) in [4.78, 5) is 2.89. The van der Waals surface area contributed by atoms with Crippen LogP contribution in [0.15, 0.2) is 72.8 Å². The highest BCUT2D eigenvalue weighted by Crippen LogP contribution is 2.62. The molecule has 4 aromatic carbocycles. The largest absolute Gasteiger partial charge is 0.335 e. The number of rotatable bonds is 1. The van der Waals surface area contributed by atoms with E-state index in [4.69, 9.17) is 0 Å². The van der Waals surface area contributed by atoms with Gasteiger partial charge in [0.15, 0.2) is 0 Å². The van der Waals surface area contributed by atoms with Crippen molar-refractivity contribution in [1.29, 1.82) is 0 Å². The maximum atomic E-state index is 2.89. The topological polar surface area (TPSA) is 3.24 Å². The minimum absolute atomic E-state index is 0.0110. The van der Waals surface area contributed by atoms with E-state index >= 15 is 0 Å². The Morgan fingerprint density at radius 1 is 0.792 bits per heavy atom. The lowest BCUT2D eigenvalue weighted by Gasteiger charge is -2.53. The van der Waals surface area contributed by atoms with Crippen LogP contribution < -0.4 is 21.3 Å². The normalized spacial score (nSPS) is 26.6. The highest BCUT2D eigenvalue weighted by molar-refractivity contribution is 6.99. The summed E-state index contributed by atoms with van der Waals surface area (Å²) in [5.41, 5.74) is 21.6. The molecule has 2 aliphatic carbocycles. The van der Waals surface area contributed by atoms with Crippen LogP contribution in [-0.2, 0) is 10.8 Å². The molecule has 0 spiro atoms. The number of nitrogens with zero attached hydrogens (tertiary/aromatic N) is 1. The molecule has 4 aromatic rings. The molecule has 0 amide bonds. The van der Waals surface area contributed by atoms with Gasteiger partial charge in [-0.15, -0.1) is 0 Å². The first-order valence-electron chi connectivity index (χ1n) is 18.7. The third-order valence-corrected chi connectivity index (χ3v) is 13.7. The summed E-state index contributed by atoms with van der Waals surface area (Å²) in [7, 11) is 0. The molecule has 4 unspecified atom stereocenters. The quantitative estimate of drug-likeness (QED) is 0.190. The van der Waals surface area contributed by atoms with Gasteiger partial charge in [-0.05, 0) is 111 Å². The van der Waals surface area contributed by atoms with Crippen molar-refractivity contribution in [2.24, 2.45) is 11.3 Å². The number of aryl methyl sites for hydroxylation is 1. The molecule has 0 N–H and O–H groups in total. The van der Waals surface area contributed by atoms with Crippen LogP contribution in [-0.4, -0.2) is 12.3 Å². The van der Waals surface area contributed by atoms with Gasteiger partial charge in [-0.25, -0.2) is 0 Å². The zero-order chi connectivity index (χ0) is 33.7. The Labute approximate surface area is 289 Å². The average Bonchev–Trinajstić information content (AvgIpc) is 3.24. The van der Waals surface area contributed by atoms with E-state index < -0.39 is 0 Å². The predicted octanol–water partition coefficient (Wildman–Crippen LogP) is 9.92. The number of hydrogen-bond donors (Lipinski definition) is 0. The Hall–Kier alpha value is -3.52. The fourth-order valence-electron chi connectivity index (χ4n) is 11.4. The van der Waals surface area contributed by atoms with Crippen LogP contribution in [0.3, 0.4) is 0 Å². The molecular formula is C46H52BN. The summed E-state index contributed by atoms with van der Waals surface area (Å²) < 4.78 is 0. The molecule has 0 aromatic heterocycles. The lowest BCUT2D eigenvalue weighted by atomic mass is 9.30. The van der Waals surface area contributed by atoms with Gasteiger partial charge in [-0.2, -0.15) is 0 Å². The zero-order valence-electron chi connectivity index (χ0n) is 30.9. The highest BCUT2D eigenvalue weighted by Gasteiger charge is 2.61. The van der Waals surface area contributed by atoms with Gasteiger partial charge in [0.05, 0.1) is 5.54 Å². The van der Waals surface area contributed by atoms with Crippen molar-refractivity contribution in [2.45, 2.75) is 117 Å². The maximum absolute atomic E-state index is 2.89. The molecule has 5 aliphatic rings. The van der Waals surface area contributed by atoms with Crippen LogP contribution in [0, 0.1) is 18.3 Å². The molecule has 244 valence electrons. The molecule has 3 heterocycles. The summed E-state index contributed by atoms with van der Waals surface area (Å²) in [6.07, 6.45) is 5.15. The van der Waals surface area contributed by atoms with Crippen LogP contribution in [0.2, 0.25) is 0 Å². The predicted molar refractivity (Wildman–Crippen MR) is 208 cm³/mol. The highest BCUT2D eigenvalue weighted by atomic mass is 15.3. The summed E-state index contributed by atoms with van der Waals surface area (Å²) in [5, 5.41) is 0. The van der Waals surface area contributed by atoms with Gasteiger partial charge < -0.3 is 4.90 Å². The molecule has 48 heavy (non-hydrogen) atoms. The second kappa shape index (κ2) is 9.59. The van der Waals surface area contributed by atoms with Gasteiger partial charge in [-0.1, -0.05) is 140 Å². The molecule has 9 rings (SSSR count). The minimum Gasteiger partial charge on any atom is -0.335 e. The van der Waals surface area contributed by atoms with Crippen LogP contribution >= 0.6 is 0 Å².